The van der Waals surface area contributed by atoms with Crippen molar-refractivity contribution in [1.82, 2.24) is 10.6 Å². The number of hydrogen-bond acceptors (Lipinski definition) is 3. The van der Waals surface area contributed by atoms with Crippen LogP contribution in [0.5, 0.6) is 0 Å². The molecule has 1 fully saturated rings. The van der Waals surface area contributed by atoms with Gasteiger partial charge in [0.25, 0.3) is 0 Å². The molecule has 1 aromatic rings. The molecule has 2 aliphatic rings. The van der Waals surface area contributed by atoms with Gasteiger partial charge in [0, 0.05) is 25.0 Å². The third kappa shape index (κ3) is 0.884. The number of rotatable bonds is 0. The molecule has 0 amide bonds. The lowest BCUT2D eigenvalue weighted by molar-refractivity contribution is 0.586. The largest absolute Gasteiger partial charge is 0.302 e. The lowest BCUT2D eigenvalue weighted by Crippen LogP contribution is -2.39. The highest BCUT2D eigenvalue weighted by Crippen LogP contribution is 2.35. The van der Waals surface area contributed by atoms with Gasteiger partial charge >= 0.3 is 0 Å². The van der Waals surface area contributed by atoms with Gasteiger partial charge in [-0.25, -0.2) is 0 Å². The molecule has 0 bridgehead atoms. The summed E-state index contributed by atoms with van der Waals surface area (Å²) in [5, 5.41) is 6.72. The number of nitrogens with zero attached hydrogens (tertiary/aromatic N) is 1. The van der Waals surface area contributed by atoms with E-state index in [9.17, 15) is 0 Å². The summed E-state index contributed by atoms with van der Waals surface area (Å²) in [4.78, 5) is 4.41. The molecule has 66 valence electrons. The Bertz CT molecular complexity index is 364. The van der Waals surface area contributed by atoms with E-state index in [1.165, 1.54) is 5.56 Å². The van der Waals surface area contributed by atoms with Gasteiger partial charge in [-0.1, -0.05) is 18.2 Å². The Morgan fingerprint density at radius 1 is 1.31 bits per heavy atom. The maximum Gasteiger partial charge on any atom is 0.0951 e. The molecule has 3 heteroatoms. The second-order valence-corrected chi connectivity index (χ2v) is 3.53. The maximum atomic E-state index is 4.41. The van der Waals surface area contributed by atoms with E-state index in [0.29, 0.717) is 0 Å². The lowest BCUT2D eigenvalue weighted by Gasteiger charge is -2.20. The first kappa shape index (κ1) is 7.24. The van der Waals surface area contributed by atoms with Crippen LogP contribution in [0.25, 0.3) is 0 Å². The van der Waals surface area contributed by atoms with Crippen molar-refractivity contribution >= 4 is 11.9 Å². The van der Waals surface area contributed by atoms with Crippen molar-refractivity contribution in [3.63, 3.8) is 0 Å². The molecule has 3 nitrogen and oxygen atoms in total. The second-order valence-electron chi connectivity index (χ2n) is 3.53. The molecule has 13 heavy (non-hydrogen) atoms. The van der Waals surface area contributed by atoms with Crippen molar-refractivity contribution < 1.29 is 0 Å². The van der Waals surface area contributed by atoms with Crippen molar-refractivity contribution in [1.29, 1.82) is 0 Å². The third-order valence-corrected chi connectivity index (χ3v) is 2.74. The van der Waals surface area contributed by atoms with Crippen molar-refractivity contribution in [3.05, 3.63) is 29.8 Å². The minimum atomic E-state index is -0.0312. The highest BCUT2D eigenvalue weighted by Gasteiger charge is 2.38. The van der Waals surface area contributed by atoms with E-state index in [0.717, 1.165) is 18.9 Å². The maximum absolute atomic E-state index is 4.41. The monoisotopic (exact) mass is 173 g/mol. The summed E-state index contributed by atoms with van der Waals surface area (Å²) in [5.41, 5.74) is 2.36. The summed E-state index contributed by atoms with van der Waals surface area (Å²) in [7, 11) is 0. The molecule has 1 saturated heterocycles. The normalized spacial score (nSPS) is 29.8. The van der Waals surface area contributed by atoms with Crippen LogP contribution in [0.15, 0.2) is 29.3 Å². The summed E-state index contributed by atoms with van der Waals surface area (Å²) < 4.78 is 0. The fourth-order valence-electron chi connectivity index (χ4n) is 2.04. The van der Waals surface area contributed by atoms with Crippen molar-refractivity contribution in [2.24, 2.45) is 4.99 Å². The van der Waals surface area contributed by atoms with Crippen LogP contribution >= 0.6 is 0 Å². The predicted molar refractivity (Wildman–Crippen MR) is 52.3 cm³/mol. The van der Waals surface area contributed by atoms with Crippen molar-refractivity contribution in [3.8, 4) is 0 Å². The van der Waals surface area contributed by atoms with E-state index in [1.54, 1.807) is 0 Å². The number of nitrogens with one attached hydrogen (secondary N) is 2. The molecule has 0 radical (unpaired) electrons. The Labute approximate surface area is 76.9 Å². The minimum Gasteiger partial charge on any atom is -0.302 e. The molecule has 0 aromatic heterocycles. The van der Waals surface area contributed by atoms with Crippen LogP contribution in [0, 0.1) is 0 Å². The number of benzene rings is 1. The summed E-state index contributed by atoms with van der Waals surface area (Å²) in [6, 6.07) is 8.29. The van der Waals surface area contributed by atoms with Gasteiger partial charge in [0.05, 0.1) is 11.2 Å². The summed E-state index contributed by atoms with van der Waals surface area (Å²) in [6.45, 7) is 1.80. The zero-order chi connectivity index (χ0) is 8.73. The van der Waals surface area contributed by atoms with Crippen LogP contribution in [-0.4, -0.2) is 19.4 Å². The zero-order valence-corrected chi connectivity index (χ0v) is 7.25. The van der Waals surface area contributed by atoms with E-state index in [4.69, 9.17) is 0 Å². The molecular formula is C10H11N3. The molecule has 1 atom stereocenters. The van der Waals surface area contributed by atoms with Gasteiger partial charge in [-0.15, -0.1) is 0 Å². The molecule has 1 unspecified atom stereocenters. The van der Waals surface area contributed by atoms with E-state index in [2.05, 4.69) is 33.8 Å². The SMILES string of the molecule is C1=Nc2ccccc2C12CNCN2. The lowest BCUT2D eigenvalue weighted by atomic mass is 9.93. The first-order valence-corrected chi connectivity index (χ1v) is 4.51. The van der Waals surface area contributed by atoms with E-state index < -0.39 is 0 Å². The van der Waals surface area contributed by atoms with Gasteiger partial charge in [-0.05, 0) is 6.07 Å². The molecule has 1 aromatic carbocycles. The van der Waals surface area contributed by atoms with Crippen molar-refractivity contribution in [2.75, 3.05) is 13.2 Å². The Morgan fingerprint density at radius 3 is 3.08 bits per heavy atom. The smallest absolute Gasteiger partial charge is 0.0951 e. The number of fused-ring (bicyclic) bond motifs is 2. The highest BCUT2D eigenvalue weighted by atomic mass is 15.2. The Hall–Kier alpha value is -1.19. The predicted octanol–water partition coefficient (Wildman–Crippen LogP) is 0.748. The average Bonchev–Trinajstić information content (AvgIpc) is 2.78. The molecule has 1 spiro atoms. The van der Waals surface area contributed by atoms with Crippen LogP contribution in [0.4, 0.5) is 5.69 Å². The van der Waals surface area contributed by atoms with Gasteiger partial charge in [0.2, 0.25) is 0 Å². The van der Waals surface area contributed by atoms with Gasteiger partial charge < -0.3 is 5.32 Å². The molecule has 0 saturated carbocycles. The summed E-state index contributed by atoms with van der Waals surface area (Å²) in [6.07, 6.45) is 2.01. The quantitative estimate of drug-likeness (QED) is 0.607. The molecule has 0 aliphatic carbocycles. The van der Waals surface area contributed by atoms with E-state index >= 15 is 0 Å². The van der Waals surface area contributed by atoms with Crippen LogP contribution in [0.3, 0.4) is 0 Å². The fourth-order valence-corrected chi connectivity index (χ4v) is 2.04. The summed E-state index contributed by atoms with van der Waals surface area (Å²) >= 11 is 0. The topological polar surface area (TPSA) is 36.4 Å². The van der Waals surface area contributed by atoms with Gasteiger partial charge in [0.15, 0.2) is 0 Å². The van der Waals surface area contributed by atoms with Gasteiger partial charge in [-0.2, -0.15) is 0 Å². The standard InChI is InChI=1S/C10H11N3/c1-2-4-9-8(3-1)10(6-12-9)5-11-7-13-10/h1-4,6,11,13H,5,7H2. The number of para-hydroxylation sites is 1. The molecule has 2 aliphatic heterocycles. The van der Waals surface area contributed by atoms with Crippen LogP contribution < -0.4 is 10.6 Å². The first-order chi connectivity index (χ1) is 6.41. The molecular weight excluding hydrogens is 162 g/mol. The minimum absolute atomic E-state index is 0.0312. The first-order valence-electron chi connectivity index (χ1n) is 4.51. The van der Waals surface area contributed by atoms with Crippen LogP contribution in [0.2, 0.25) is 0 Å². The molecule has 3 rings (SSSR count). The van der Waals surface area contributed by atoms with Gasteiger partial charge in [0.1, 0.15) is 0 Å². The second kappa shape index (κ2) is 2.40. The third-order valence-electron chi connectivity index (χ3n) is 2.74. The zero-order valence-electron chi connectivity index (χ0n) is 7.25. The van der Waals surface area contributed by atoms with Crippen LogP contribution in [-0.2, 0) is 5.54 Å². The fraction of sp³-hybridized carbons (Fsp3) is 0.300. The van der Waals surface area contributed by atoms with E-state index in [1.807, 2.05) is 12.3 Å². The number of hydrogen-bond donors (Lipinski definition) is 2. The molecule has 2 heterocycles. The summed E-state index contributed by atoms with van der Waals surface area (Å²) in [5.74, 6) is 0. The Kier molecular flexibility index (Phi) is 1.34. The van der Waals surface area contributed by atoms with Crippen LogP contribution in [0.1, 0.15) is 5.56 Å². The van der Waals surface area contributed by atoms with Crippen molar-refractivity contribution in [2.45, 2.75) is 5.54 Å². The number of aliphatic imine (C=N–C) groups is 1. The Balaban J connectivity index is 2.16. The molecule has 2 N–H and O–H groups in total. The Morgan fingerprint density at radius 2 is 2.23 bits per heavy atom. The van der Waals surface area contributed by atoms with Gasteiger partial charge in [-0.3, -0.25) is 10.3 Å². The average molecular weight is 173 g/mol. The van der Waals surface area contributed by atoms with E-state index in [-0.39, 0.29) is 5.54 Å². The highest BCUT2D eigenvalue weighted by molar-refractivity contribution is 5.85.